The number of hydrogen-bond acceptors (Lipinski definition) is 0. The molecule has 0 amide bonds. The van der Waals surface area contributed by atoms with Crippen LogP contribution in [0.1, 0.15) is 152 Å². The molecule has 199 valence electrons. The molecular formula is C36H49AsLi. The summed E-state index contributed by atoms with van der Waals surface area (Å²) in [6.45, 7) is 28.3. The van der Waals surface area contributed by atoms with E-state index in [-0.39, 0.29) is 13.5 Å². The zero-order valence-electron chi connectivity index (χ0n) is 26.5. The second-order valence-corrected chi connectivity index (χ2v) is 14.9. The molecule has 0 heterocycles. The number of rotatable bonds is 9. The van der Waals surface area contributed by atoms with Gasteiger partial charge in [-0.2, -0.15) is 0 Å². The van der Waals surface area contributed by atoms with Crippen LogP contribution in [0.3, 0.4) is 0 Å². The van der Waals surface area contributed by atoms with Crippen molar-refractivity contribution in [3.05, 3.63) is 75.8 Å². The summed E-state index contributed by atoms with van der Waals surface area (Å²) in [6.07, 6.45) is 0. The van der Waals surface area contributed by atoms with Crippen LogP contribution >= 0.6 is 0 Å². The monoisotopic (exact) mass is 563 g/mol. The minimum atomic E-state index is 0.0167. The van der Waals surface area contributed by atoms with Gasteiger partial charge in [0, 0.05) is 0 Å². The second kappa shape index (κ2) is 13.0. The first kappa shape index (κ1) is 31.3. The molecule has 0 nitrogen and oxygen atoms in total. The molecule has 0 aliphatic heterocycles. The summed E-state index contributed by atoms with van der Waals surface area (Å²) in [5.41, 5.74) is 14.9. The van der Waals surface area contributed by atoms with E-state index in [1.165, 1.54) is 55.6 Å². The normalized spacial score (nSPS) is 12.6. The Bertz CT molecular complexity index is 1110. The van der Waals surface area contributed by atoms with Crippen molar-refractivity contribution in [2.75, 3.05) is 0 Å². The van der Waals surface area contributed by atoms with E-state index in [1.807, 2.05) is 0 Å². The van der Waals surface area contributed by atoms with Crippen LogP contribution in [0.2, 0.25) is 0 Å². The third-order valence-electron chi connectivity index (χ3n) is 8.06. The molecule has 1 radical (unpaired) electrons. The van der Waals surface area contributed by atoms with Gasteiger partial charge in [-0.1, -0.05) is 0 Å². The quantitative estimate of drug-likeness (QED) is 0.227. The van der Waals surface area contributed by atoms with Crippen LogP contribution in [0, 0.1) is 0 Å². The Balaban J connectivity index is 2.49. The maximum atomic E-state index is 2.51. The van der Waals surface area contributed by atoms with Crippen molar-refractivity contribution in [3.63, 3.8) is 0 Å². The molecule has 0 aliphatic carbocycles. The van der Waals surface area contributed by atoms with Gasteiger partial charge in [0.1, 0.15) is 0 Å². The van der Waals surface area contributed by atoms with Crippen molar-refractivity contribution in [1.82, 2.24) is 0 Å². The summed E-state index contributed by atoms with van der Waals surface area (Å²) in [4.78, 5) is 0. The molecule has 0 aliphatic rings. The van der Waals surface area contributed by atoms with E-state index in [2.05, 4.69) is 141 Å². The Morgan fingerprint density at radius 1 is 0.474 bits per heavy atom. The van der Waals surface area contributed by atoms with Crippen LogP contribution in [0.25, 0.3) is 22.3 Å². The van der Waals surface area contributed by atoms with Gasteiger partial charge in [-0.15, -0.1) is 0 Å². The summed E-state index contributed by atoms with van der Waals surface area (Å²) >= 11 is 2.46. The Morgan fingerprint density at radius 3 is 0.974 bits per heavy atom. The first-order valence-electron chi connectivity index (χ1n) is 14.9. The van der Waals surface area contributed by atoms with E-state index in [9.17, 15) is 0 Å². The van der Waals surface area contributed by atoms with Crippen LogP contribution in [0.15, 0.2) is 42.5 Å². The molecule has 0 bridgehead atoms. The van der Waals surface area contributed by atoms with Gasteiger partial charge < -0.3 is 0 Å². The predicted molar refractivity (Wildman–Crippen MR) is 173 cm³/mol. The van der Waals surface area contributed by atoms with Gasteiger partial charge in [0.2, 0.25) is 0 Å². The second-order valence-electron chi connectivity index (χ2n) is 13.0. The predicted octanol–water partition coefficient (Wildman–Crippen LogP) is 10.2. The van der Waals surface area contributed by atoms with E-state index < -0.39 is 0 Å². The van der Waals surface area contributed by atoms with E-state index in [1.54, 1.807) is 4.35 Å². The minimum absolute atomic E-state index is 0.0167. The van der Waals surface area contributed by atoms with Gasteiger partial charge in [-0.05, 0) is 0 Å². The number of hydrogen-bond donors (Lipinski definition) is 0. The van der Waals surface area contributed by atoms with Gasteiger partial charge in [0.05, 0.1) is 0 Å². The van der Waals surface area contributed by atoms with E-state index in [0.717, 1.165) is 0 Å². The summed E-state index contributed by atoms with van der Waals surface area (Å²) in [7, 11) is 0. The molecule has 3 aromatic rings. The van der Waals surface area contributed by atoms with Crippen molar-refractivity contribution in [2.24, 2.45) is 0 Å². The first-order valence-corrected chi connectivity index (χ1v) is 17.7. The maximum absolute atomic E-state index is 2.51. The van der Waals surface area contributed by atoms with Crippen molar-refractivity contribution >= 4 is 33.4 Å². The Labute approximate surface area is 248 Å². The first-order chi connectivity index (χ1) is 17.8. The summed E-state index contributed by atoms with van der Waals surface area (Å²) in [6, 6.07) is 17.2. The average Bonchev–Trinajstić information content (AvgIpc) is 2.86. The molecule has 0 saturated carbocycles. The van der Waals surface area contributed by atoms with Crippen LogP contribution in [0.5, 0.6) is 0 Å². The van der Waals surface area contributed by atoms with Crippen LogP contribution in [-0.2, 0) is 0 Å². The average molecular weight is 564 g/mol. The standard InChI is InChI=1S/C36H49As.Li/c1-20(2)26-16-30(22(5)6)34(31(17-26)23(7)8)28-14-13-15-29(36(28)37)35-32(24(9)10)18-27(21(3)4)19-33(35)25(11)12;/h13-25H,1-12H3;. The van der Waals surface area contributed by atoms with Crippen molar-refractivity contribution in [1.29, 1.82) is 0 Å². The Kier molecular flexibility index (Phi) is 10.7. The Morgan fingerprint density at radius 2 is 0.763 bits per heavy atom. The molecule has 0 saturated heterocycles. The molecule has 3 rings (SSSR count). The van der Waals surface area contributed by atoms with Crippen molar-refractivity contribution in [2.45, 2.75) is 119 Å². The van der Waals surface area contributed by atoms with Crippen LogP contribution in [0.4, 0.5) is 0 Å². The molecule has 0 atom stereocenters. The molecule has 0 spiro atoms. The molecule has 0 unspecified atom stereocenters. The van der Waals surface area contributed by atoms with Gasteiger partial charge in [0.15, 0.2) is 0 Å². The summed E-state index contributed by atoms with van der Waals surface area (Å²) in [5.74, 6) is 2.98. The zero-order valence-corrected chi connectivity index (χ0v) is 28.3. The topological polar surface area (TPSA) is 0 Å². The third-order valence-corrected chi connectivity index (χ3v) is 10.0. The fourth-order valence-corrected chi connectivity index (χ4v) is 7.51. The van der Waals surface area contributed by atoms with Crippen molar-refractivity contribution < 1.29 is 0 Å². The fraction of sp³-hybridized carbons (Fsp3) is 0.500. The summed E-state index contributed by atoms with van der Waals surface area (Å²) < 4.78 is 1.59. The number of benzene rings is 3. The molecule has 2 heteroatoms. The SMILES string of the molecule is [Li][As]c1c(-c2c(C(C)C)cc(C(C)C)cc2C(C)C)cccc1-c1c(C(C)C)cc(C(C)C)cc1C(C)C. The molecular weight excluding hydrogens is 514 g/mol. The third kappa shape index (κ3) is 6.41. The van der Waals surface area contributed by atoms with E-state index >= 15 is 0 Å². The molecule has 0 fully saturated rings. The Hall–Kier alpha value is -1.18. The summed E-state index contributed by atoms with van der Waals surface area (Å²) in [5, 5.41) is 0. The van der Waals surface area contributed by atoms with Gasteiger partial charge >= 0.3 is 250 Å². The fourth-order valence-electron chi connectivity index (χ4n) is 5.72. The molecule has 0 aromatic heterocycles. The molecule has 0 N–H and O–H groups in total. The zero-order chi connectivity index (χ0) is 28.5. The van der Waals surface area contributed by atoms with Crippen LogP contribution < -0.4 is 4.35 Å². The van der Waals surface area contributed by atoms with Gasteiger partial charge in [0.25, 0.3) is 0 Å². The van der Waals surface area contributed by atoms with Gasteiger partial charge in [-0.25, -0.2) is 0 Å². The van der Waals surface area contributed by atoms with Crippen LogP contribution in [-0.4, -0.2) is 29.1 Å². The van der Waals surface area contributed by atoms with Gasteiger partial charge in [-0.3, -0.25) is 0 Å². The van der Waals surface area contributed by atoms with Crippen molar-refractivity contribution in [3.8, 4) is 22.3 Å². The molecule has 3 aromatic carbocycles. The molecule has 38 heavy (non-hydrogen) atoms. The van der Waals surface area contributed by atoms with E-state index in [4.69, 9.17) is 0 Å². The van der Waals surface area contributed by atoms with E-state index in [0.29, 0.717) is 35.5 Å².